The summed E-state index contributed by atoms with van der Waals surface area (Å²) in [6.07, 6.45) is 0.0152. The van der Waals surface area contributed by atoms with Gasteiger partial charge in [-0.05, 0) is 18.4 Å². The van der Waals surface area contributed by atoms with Gasteiger partial charge in [0, 0.05) is 6.61 Å². The molecular formula is C10H14O4. The van der Waals surface area contributed by atoms with Crippen LogP contribution in [0.5, 0.6) is 0 Å². The first-order chi connectivity index (χ1) is 6.66. The van der Waals surface area contributed by atoms with Crippen LogP contribution in [0, 0.1) is 0 Å². The van der Waals surface area contributed by atoms with E-state index in [4.69, 9.17) is 20.1 Å². The third-order valence-electron chi connectivity index (χ3n) is 1.47. The summed E-state index contributed by atoms with van der Waals surface area (Å²) in [5, 5.41) is 22.5. The van der Waals surface area contributed by atoms with Crippen molar-refractivity contribution < 1.29 is 20.1 Å². The second-order valence-corrected chi connectivity index (χ2v) is 2.60. The Kier molecular flexibility index (Phi) is 7.17. The van der Waals surface area contributed by atoms with Crippen molar-refractivity contribution in [3.8, 4) is 0 Å². The van der Waals surface area contributed by atoms with Gasteiger partial charge in [0.25, 0.3) is 0 Å². The van der Waals surface area contributed by atoms with Crippen LogP contribution in [-0.2, 0) is 6.42 Å². The molecule has 0 aliphatic carbocycles. The molecule has 0 saturated carbocycles. The molecule has 0 radical (unpaired) electrons. The molecule has 0 saturated heterocycles. The molecule has 1 rings (SSSR count). The van der Waals surface area contributed by atoms with Gasteiger partial charge < -0.3 is 15.3 Å². The summed E-state index contributed by atoms with van der Waals surface area (Å²) < 4.78 is 0. The van der Waals surface area contributed by atoms with Gasteiger partial charge in [-0.15, -0.1) is 0 Å². The van der Waals surface area contributed by atoms with Crippen molar-refractivity contribution in [2.45, 2.75) is 12.8 Å². The maximum atomic E-state index is 8.56. The fourth-order valence-electron chi connectivity index (χ4n) is 0.928. The fraction of sp³-hybridized carbons (Fsp3) is 0.300. The van der Waals surface area contributed by atoms with Gasteiger partial charge in [0.05, 0.1) is 0 Å². The molecule has 0 amide bonds. The zero-order valence-corrected chi connectivity index (χ0v) is 7.76. The molecule has 1 aromatic carbocycles. The van der Waals surface area contributed by atoms with Crippen molar-refractivity contribution in [1.82, 2.24) is 0 Å². The molecule has 0 unspecified atom stereocenters. The molecule has 0 aliphatic heterocycles. The van der Waals surface area contributed by atoms with Crippen molar-refractivity contribution in [3.63, 3.8) is 0 Å². The predicted molar refractivity (Wildman–Crippen MR) is 52.5 cm³/mol. The van der Waals surface area contributed by atoms with Crippen LogP contribution in [0.4, 0.5) is 4.79 Å². The van der Waals surface area contributed by atoms with E-state index in [0.717, 1.165) is 12.8 Å². The summed E-state index contributed by atoms with van der Waals surface area (Å²) in [5.74, 6) is 0. The van der Waals surface area contributed by atoms with E-state index in [-0.39, 0.29) is 6.61 Å². The zero-order chi connectivity index (χ0) is 10.8. The summed E-state index contributed by atoms with van der Waals surface area (Å²) in [6, 6.07) is 10.2. The molecule has 4 nitrogen and oxygen atoms in total. The van der Waals surface area contributed by atoms with E-state index >= 15 is 0 Å². The lowest BCUT2D eigenvalue weighted by atomic mass is 10.1. The Balaban J connectivity index is 0.000000364. The van der Waals surface area contributed by atoms with Crippen molar-refractivity contribution in [2.24, 2.45) is 0 Å². The normalized spacial score (nSPS) is 8.64. The largest absolute Gasteiger partial charge is 0.503 e. The van der Waals surface area contributed by atoms with Gasteiger partial charge in [0.1, 0.15) is 0 Å². The van der Waals surface area contributed by atoms with Gasteiger partial charge in [-0.3, -0.25) is 0 Å². The fourth-order valence-corrected chi connectivity index (χ4v) is 0.928. The minimum Gasteiger partial charge on any atom is -0.450 e. The number of rotatable bonds is 3. The van der Waals surface area contributed by atoms with Crippen LogP contribution in [0.15, 0.2) is 30.3 Å². The lowest BCUT2D eigenvalue weighted by Gasteiger charge is -1.96. The van der Waals surface area contributed by atoms with Crippen LogP contribution < -0.4 is 0 Å². The summed E-state index contributed by atoms with van der Waals surface area (Å²) in [4.78, 5) is 8.56. The lowest BCUT2D eigenvalue weighted by Crippen LogP contribution is -1.87. The monoisotopic (exact) mass is 198 g/mol. The topological polar surface area (TPSA) is 77.8 Å². The smallest absolute Gasteiger partial charge is 0.450 e. The number of carboxylic acid groups (broad SMARTS) is 2. The van der Waals surface area contributed by atoms with Gasteiger partial charge in [0.15, 0.2) is 0 Å². The molecule has 4 heteroatoms. The Morgan fingerprint density at radius 3 is 2.07 bits per heavy atom. The highest BCUT2D eigenvalue weighted by Gasteiger charge is 1.88. The number of benzene rings is 1. The Morgan fingerprint density at radius 1 is 1.14 bits per heavy atom. The van der Waals surface area contributed by atoms with Crippen molar-refractivity contribution in [3.05, 3.63) is 35.9 Å². The molecule has 0 aromatic heterocycles. The molecule has 3 N–H and O–H groups in total. The first kappa shape index (κ1) is 12.4. The molecule has 0 heterocycles. The molecule has 1 aromatic rings. The molecule has 0 spiro atoms. The first-order valence-corrected chi connectivity index (χ1v) is 4.23. The van der Waals surface area contributed by atoms with Crippen molar-refractivity contribution in [2.75, 3.05) is 6.61 Å². The third-order valence-corrected chi connectivity index (χ3v) is 1.47. The first-order valence-electron chi connectivity index (χ1n) is 4.23. The summed E-state index contributed by atoms with van der Waals surface area (Å²) in [7, 11) is 0. The van der Waals surface area contributed by atoms with E-state index < -0.39 is 6.16 Å². The minimum atomic E-state index is -1.83. The zero-order valence-electron chi connectivity index (χ0n) is 7.76. The van der Waals surface area contributed by atoms with E-state index in [1.54, 1.807) is 0 Å². The van der Waals surface area contributed by atoms with Crippen molar-refractivity contribution in [1.29, 1.82) is 0 Å². The standard InChI is InChI=1S/C9H12O.CH2O3/c10-8-4-7-9-5-2-1-3-6-9;2-1(3)4/h1-3,5-6,10H,4,7-8H2;(H2,2,3,4). The molecular weight excluding hydrogens is 184 g/mol. The quantitative estimate of drug-likeness (QED) is 0.692. The highest BCUT2D eigenvalue weighted by Crippen LogP contribution is 2.00. The van der Waals surface area contributed by atoms with Crippen LogP contribution in [0.2, 0.25) is 0 Å². The maximum Gasteiger partial charge on any atom is 0.503 e. The van der Waals surface area contributed by atoms with Crippen LogP contribution in [0.1, 0.15) is 12.0 Å². The van der Waals surface area contributed by atoms with E-state index in [0.29, 0.717) is 0 Å². The maximum absolute atomic E-state index is 8.56. The van der Waals surface area contributed by atoms with Crippen LogP contribution in [0.3, 0.4) is 0 Å². The number of aliphatic hydroxyl groups is 1. The highest BCUT2D eigenvalue weighted by atomic mass is 16.6. The average molecular weight is 198 g/mol. The summed E-state index contributed by atoms with van der Waals surface area (Å²) >= 11 is 0. The molecule has 0 atom stereocenters. The highest BCUT2D eigenvalue weighted by molar-refractivity contribution is 5.53. The number of carbonyl (C=O) groups is 1. The Bertz CT molecular complexity index is 242. The summed E-state index contributed by atoms with van der Waals surface area (Å²) in [6.45, 7) is 0.287. The predicted octanol–water partition coefficient (Wildman–Crippen LogP) is 1.83. The number of hydrogen-bond donors (Lipinski definition) is 3. The number of aryl methyl sites for hydroxylation is 1. The Morgan fingerprint density at radius 2 is 1.64 bits per heavy atom. The van der Waals surface area contributed by atoms with Gasteiger partial charge in [-0.25, -0.2) is 4.79 Å². The SMILES string of the molecule is O=C(O)O.OCCCc1ccccc1. The average Bonchev–Trinajstić information content (AvgIpc) is 2.15. The minimum absolute atomic E-state index is 0.287. The van der Waals surface area contributed by atoms with Crippen LogP contribution >= 0.6 is 0 Å². The lowest BCUT2D eigenvalue weighted by molar-refractivity contribution is 0.137. The van der Waals surface area contributed by atoms with E-state index in [1.165, 1.54) is 5.56 Å². The molecule has 14 heavy (non-hydrogen) atoms. The number of hydrogen-bond acceptors (Lipinski definition) is 2. The van der Waals surface area contributed by atoms with E-state index in [9.17, 15) is 0 Å². The van der Waals surface area contributed by atoms with Crippen LogP contribution in [0.25, 0.3) is 0 Å². The molecule has 0 aliphatic rings. The van der Waals surface area contributed by atoms with E-state index in [1.807, 2.05) is 18.2 Å². The van der Waals surface area contributed by atoms with Gasteiger partial charge in [0.2, 0.25) is 0 Å². The molecule has 78 valence electrons. The van der Waals surface area contributed by atoms with Gasteiger partial charge in [-0.2, -0.15) is 0 Å². The van der Waals surface area contributed by atoms with Gasteiger partial charge >= 0.3 is 6.16 Å². The molecule has 0 bridgehead atoms. The van der Waals surface area contributed by atoms with Crippen LogP contribution in [-0.4, -0.2) is 28.1 Å². The number of aliphatic hydroxyl groups excluding tert-OH is 1. The summed E-state index contributed by atoms with van der Waals surface area (Å²) in [5.41, 5.74) is 1.30. The van der Waals surface area contributed by atoms with Gasteiger partial charge in [-0.1, -0.05) is 30.3 Å². The third kappa shape index (κ3) is 8.55. The second kappa shape index (κ2) is 8.07. The van der Waals surface area contributed by atoms with E-state index in [2.05, 4.69) is 12.1 Å². The van der Waals surface area contributed by atoms with Crippen molar-refractivity contribution >= 4 is 6.16 Å². The Hall–Kier alpha value is -1.55. The Labute approximate surface area is 82.4 Å². The second-order valence-electron chi connectivity index (χ2n) is 2.60. The molecule has 0 fully saturated rings.